The fourth-order valence-electron chi connectivity index (χ4n) is 10.3. The molecule has 0 aromatic heterocycles. The molecular weight excluding hydrogens is 940 g/mol. The molecule has 4 atom stereocenters. The third kappa shape index (κ3) is 12.0. The van der Waals surface area contributed by atoms with Gasteiger partial charge in [0.15, 0.2) is 0 Å². The molecule has 3 N–H and O–H groups in total. The van der Waals surface area contributed by atoms with Crippen molar-refractivity contribution in [3.05, 3.63) is 128 Å². The molecule has 1 heterocycles. The molecule has 12 nitrogen and oxygen atoms in total. The SMILES string of the molecule is Cc1ccc([C@@]2(C#N)[C@H](CC(C)(C)C)NC(C(=O)NCCOCCOCCOCCOc3ccc(C(=O)N[C@H]4C(C)(C)[C@H](Oc5ccc(C#N)c(Cl)c5)C4(C)C)cc3)[C@@H]2c2cccc(Cl)c2F)c(F)c1. The number of nitrogens with one attached hydrogen (secondary N) is 3. The minimum Gasteiger partial charge on any atom is -0.491 e. The van der Waals surface area contributed by atoms with Gasteiger partial charge in [0.1, 0.15) is 47.3 Å². The van der Waals surface area contributed by atoms with E-state index in [4.69, 9.17) is 46.9 Å². The molecule has 0 spiro atoms. The van der Waals surface area contributed by atoms with Crippen molar-refractivity contribution in [1.82, 2.24) is 16.0 Å². The van der Waals surface area contributed by atoms with Crippen LogP contribution >= 0.6 is 23.2 Å². The zero-order valence-corrected chi connectivity index (χ0v) is 42.5. The van der Waals surface area contributed by atoms with Crippen molar-refractivity contribution >= 4 is 35.0 Å². The van der Waals surface area contributed by atoms with Crippen molar-refractivity contribution in [2.45, 2.75) is 97.4 Å². The lowest BCUT2D eigenvalue weighted by Crippen LogP contribution is -2.74. The average molecular weight is 1000 g/mol. The largest absolute Gasteiger partial charge is 0.491 e. The van der Waals surface area contributed by atoms with Gasteiger partial charge in [0.2, 0.25) is 5.91 Å². The van der Waals surface area contributed by atoms with E-state index >= 15 is 8.78 Å². The number of halogens is 4. The van der Waals surface area contributed by atoms with Gasteiger partial charge in [0.05, 0.1) is 67.4 Å². The Balaban J connectivity index is 0.889. The van der Waals surface area contributed by atoms with Crippen LogP contribution in [-0.2, 0) is 24.4 Å². The molecule has 0 radical (unpaired) electrons. The highest BCUT2D eigenvalue weighted by atomic mass is 35.5. The maximum absolute atomic E-state index is 16.0. The van der Waals surface area contributed by atoms with Gasteiger partial charge in [-0.15, -0.1) is 0 Å². The second-order valence-electron chi connectivity index (χ2n) is 20.3. The van der Waals surface area contributed by atoms with E-state index in [9.17, 15) is 20.1 Å². The summed E-state index contributed by atoms with van der Waals surface area (Å²) in [7, 11) is 0. The number of carbonyl (C=O) groups is 2. The molecule has 1 unspecified atom stereocenters. The van der Waals surface area contributed by atoms with E-state index in [1.807, 2.05) is 20.8 Å². The molecule has 374 valence electrons. The highest BCUT2D eigenvalue weighted by Crippen LogP contribution is 2.56. The van der Waals surface area contributed by atoms with Gasteiger partial charge in [0, 0.05) is 52.6 Å². The summed E-state index contributed by atoms with van der Waals surface area (Å²) in [5, 5.41) is 29.8. The van der Waals surface area contributed by atoms with Crippen molar-refractivity contribution in [1.29, 1.82) is 10.5 Å². The highest BCUT2D eigenvalue weighted by molar-refractivity contribution is 6.32. The molecule has 1 aliphatic carbocycles. The zero-order valence-electron chi connectivity index (χ0n) is 41.0. The first kappa shape index (κ1) is 54.0. The molecule has 16 heteroatoms. The van der Waals surface area contributed by atoms with Crippen LogP contribution in [0, 0.1) is 57.5 Å². The van der Waals surface area contributed by atoms with Crippen LogP contribution in [0.2, 0.25) is 10.0 Å². The maximum Gasteiger partial charge on any atom is 0.251 e. The van der Waals surface area contributed by atoms with Gasteiger partial charge in [0.25, 0.3) is 5.91 Å². The molecule has 6 rings (SSSR count). The van der Waals surface area contributed by atoms with Gasteiger partial charge in [-0.2, -0.15) is 10.5 Å². The summed E-state index contributed by atoms with van der Waals surface area (Å²) in [6, 6.07) is 23.4. The van der Waals surface area contributed by atoms with Crippen LogP contribution in [0.4, 0.5) is 8.78 Å². The Hall–Kier alpha value is -5.32. The van der Waals surface area contributed by atoms with E-state index in [2.05, 4.69) is 55.8 Å². The van der Waals surface area contributed by atoms with E-state index in [0.29, 0.717) is 66.1 Å². The predicted octanol–water partition coefficient (Wildman–Crippen LogP) is 9.63. The Morgan fingerprint density at radius 3 is 2.03 bits per heavy atom. The number of hydrogen-bond acceptors (Lipinski definition) is 10. The van der Waals surface area contributed by atoms with Crippen LogP contribution in [0.25, 0.3) is 0 Å². The summed E-state index contributed by atoms with van der Waals surface area (Å²) in [5.41, 5.74) is -1.14. The van der Waals surface area contributed by atoms with Crippen LogP contribution in [-0.4, -0.2) is 88.8 Å². The van der Waals surface area contributed by atoms with Gasteiger partial charge in [-0.3, -0.25) is 9.59 Å². The Bertz CT molecular complexity index is 2560. The number of rotatable bonds is 21. The molecule has 2 aliphatic rings. The molecule has 1 saturated carbocycles. The lowest BCUT2D eigenvalue weighted by Gasteiger charge is -2.63. The van der Waals surface area contributed by atoms with Crippen molar-refractivity contribution in [3.8, 4) is 23.6 Å². The number of nitriles is 2. The number of ether oxygens (including phenoxy) is 5. The number of nitrogens with zero attached hydrogens (tertiary/aromatic N) is 2. The zero-order chi connectivity index (χ0) is 51.0. The van der Waals surface area contributed by atoms with Gasteiger partial charge in [-0.1, -0.05) is 95.9 Å². The number of amides is 2. The normalized spacial score (nSPS) is 22.3. The lowest BCUT2D eigenvalue weighted by molar-refractivity contribution is -0.164. The summed E-state index contributed by atoms with van der Waals surface area (Å²) >= 11 is 12.5. The van der Waals surface area contributed by atoms with Crippen LogP contribution in [0.15, 0.2) is 78.9 Å². The fraction of sp³-hybridized carbons (Fsp3) is 0.481. The van der Waals surface area contributed by atoms with Gasteiger partial charge in [-0.05, 0) is 78.4 Å². The number of carbonyl (C=O) groups excluding carboxylic acids is 2. The van der Waals surface area contributed by atoms with Crippen molar-refractivity contribution in [3.63, 3.8) is 0 Å². The van der Waals surface area contributed by atoms with Crippen molar-refractivity contribution in [2.24, 2.45) is 16.2 Å². The minimum absolute atomic E-state index is 0.0472. The fourth-order valence-corrected chi connectivity index (χ4v) is 10.7. The van der Waals surface area contributed by atoms with Gasteiger partial charge < -0.3 is 39.6 Å². The molecule has 2 fully saturated rings. The van der Waals surface area contributed by atoms with E-state index in [1.165, 1.54) is 18.2 Å². The Labute approximate surface area is 420 Å². The van der Waals surface area contributed by atoms with Crippen molar-refractivity contribution < 1.29 is 42.1 Å². The first-order valence-electron chi connectivity index (χ1n) is 23.4. The van der Waals surface area contributed by atoms with Gasteiger partial charge >= 0.3 is 0 Å². The first-order valence-corrected chi connectivity index (χ1v) is 24.2. The monoisotopic (exact) mass is 1000 g/mol. The Morgan fingerprint density at radius 2 is 1.43 bits per heavy atom. The third-order valence-electron chi connectivity index (χ3n) is 13.3. The summed E-state index contributed by atoms with van der Waals surface area (Å²) in [6.45, 7) is 18.0. The van der Waals surface area contributed by atoms with Crippen LogP contribution in [0.5, 0.6) is 11.5 Å². The summed E-state index contributed by atoms with van der Waals surface area (Å²) in [4.78, 5) is 27.3. The number of hydrogen-bond donors (Lipinski definition) is 3. The molecule has 1 saturated heterocycles. The van der Waals surface area contributed by atoms with Crippen LogP contribution < -0.4 is 25.4 Å². The molecule has 2 amide bonds. The summed E-state index contributed by atoms with van der Waals surface area (Å²) in [6.07, 6.45) is 0.165. The molecule has 70 heavy (non-hydrogen) atoms. The average Bonchev–Trinajstić information content (AvgIpc) is 3.62. The van der Waals surface area contributed by atoms with Crippen LogP contribution in [0.1, 0.15) is 93.4 Å². The van der Waals surface area contributed by atoms with Crippen molar-refractivity contribution in [2.75, 3.05) is 52.8 Å². The standard InChI is InChI=1S/C54H63Cl2F2N5O7/c1-33-12-19-39(42(57)28-33)54(32-60)43(30-51(2,3)4)62-46(44(54)38-10-9-11-40(55)45(38)58)48(65)61-20-21-66-22-23-67-24-25-68-26-27-69-36-16-13-34(14-17-36)47(64)63-49-52(5,6)50(53(49,7)8)70-37-18-15-35(31-59)41(56)29-37/h9-19,28-29,43-44,46,49-50,62H,20-27,30H2,1-8H3,(H,61,65)(H,63,64)/t43-,44-,46?,49-,50-,54-/m0/s1. The topological polar surface area (TPSA) is 164 Å². The Morgan fingerprint density at radius 1 is 0.800 bits per heavy atom. The molecule has 4 aromatic carbocycles. The molecular formula is C54H63Cl2F2N5O7. The van der Waals surface area contributed by atoms with E-state index in [-0.39, 0.29) is 66.0 Å². The third-order valence-corrected chi connectivity index (χ3v) is 13.9. The molecule has 0 bridgehead atoms. The predicted molar refractivity (Wildman–Crippen MR) is 264 cm³/mol. The van der Waals surface area contributed by atoms with E-state index in [0.717, 1.165) is 0 Å². The molecule has 4 aromatic rings. The minimum atomic E-state index is -1.67. The summed E-state index contributed by atoms with van der Waals surface area (Å²) < 4.78 is 61.0. The van der Waals surface area contributed by atoms with Crippen LogP contribution in [0.3, 0.4) is 0 Å². The second kappa shape index (κ2) is 22.8. The van der Waals surface area contributed by atoms with E-state index in [1.54, 1.807) is 67.6 Å². The van der Waals surface area contributed by atoms with E-state index < -0.39 is 51.8 Å². The quantitative estimate of drug-likeness (QED) is 0.0685. The number of aryl methyl sites for hydroxylation is 1. The van der Waals surface area contributed by atoms with Gasteiger partial charge in [-0.25, -0.2) is 8.78 Å². The number of benzene rings is 4. The maximum atomic E-state index is 16.0. The highest BCUT2D eigenvalue weighted by Gasteiger charge is 2.64. The summed E-state index contributed by atoms with van der Waals surface area (Å²) in [5.74, 6) is -2.03. The smallest absolute Gasteiger partial charge is 0.251 e. The lowest BCUT2D eigenvalue weighted by atomic mass is 9.49. The second-order valence-corrected chi connectivity index (χ2v) is 21.2. The Kier molecular flexibility index (Phi) is 17.6. The first-order chi connectivity index (χ1) is 33.1. The molecule has 1 aliphatic heterocycles.